The number of hydrogen-bond acceptors (Lipinski definition) is 3. The predicted octanol–water partition coefficient (Wildman–Crippen LogP) is 4.39. The summed E-state index contributed by atoms with van der Waals surface area (Å²) in [4.78, 5) is 17.9. The summed E-state index contributed by atoms with van der Waals surface area (Å²) in [5, 5.41) is 3.55. The minimum Gasteiger partial charge on any atom is -0.347 e. The van der Waals surface area contributed by atoms with Crippen LogP contribution in [0.5, 0.6) is 0 Å². The molecule has 3 rings (SSSR count). The summed E-state index contributed by atoms with van der Waals surface area (Å²) in [5.74, 6) is -0.0924. The molecule has 2 aromatic heterocycles. The van der Waals surface area contributed by atoms with Gasteiger partial charge in [-0.3, -0.25) is 9.78 Å². The smallest absolute Gasteiger partial charge is 0.261 e. The highest BCUT2D eigenvalue weighted by Crippen LogP contribution is 2.27. The molecule has 0 bridgehead atoms. The van der Waals surface area contributed by atoms with Gasteiger partial charge < -0.3 is 5.32 Å². The standard InChI is InChI=1S/C17H13ClN2OS/c18-14-4-2-1-3-13(14)11-20-17(21)16-6-5-15(22-16)12-7-9-19-10-8-12/h1-10H,11H2,(H,20,21). The SMILES string of the molecule is O=C(NCc1ccccc1Cl)c1ccc(-c2ccncc2)s1. The van der Waals surface area contributed by atoms with E-state index in [2.05, 4.69) is 10.3 Å². The number of nitrogens with zero attached hydrogens (tertiary/aromatic N) is 1. The number of carbonyl (C=O) groups excluding carboxylic acids is 1. The quantitative estimate of drug-likeness (QED) is 0.771. The summed E-state index contributed by atoms with van der Waals surface area (Å²) in [6, 6.07) is 15.1. The molecule has 0 atom stereocenters. The third kappa shape index (κ3) is 3.35. The molecule has 5 heteroatoms. The largest absolute Gasteiger partial charge is 0.347 e. The van der Waals surface area contributed by atoms with E-state index in [1.54, 1.807) is 12.4 Å². The van der Waals surface area contributed by atoms with E-state index < -0.39 is 0 Å². The molecule has 3 aromatic rings. The zero-order chi connectivity index (χ0) is 15.4. The van der Waals surface area contributed by atoms with E-state index >= 15 is 0 Å². The first-order valence-corrected chi connectivity index (χ1v) is 7.95. The molecule has 1 N–H and O–H groups in total. The first kappa shape index (κ1) is 14.8. The van der Waals surface area contributed by atoms with Crippen molar-refractivity contribution in [2.45, 2.75) is 6.54 Å². The van der Waals surface area contributed by atoms with Gasteiger partial charge in [0.25, 0.3) is 5.91 Å². The number of halogens is 1. The van der Waals surface area contributed by atoms with Gasteiger partial charge in [-0.1, -0.05) is 29.8 Å². The van der Waals surface area contributed by atoms with Crippen molar-refractivity contribution in [3.05, 3.63) is 76.4 Å². The van der Waals surface area contributed by atoms with Gasteiger partial charge in [-0.15, -0.1) is 11.3 Å². The van der Waals surface area contributed by atoms with Gasteiger partial charge in [0, 0.05) is 28.8 Å². The number of pyridine rings is 1. The van der Waals surface area contributed by atoms with Crippen molar-refractivity contribution in [3.8, 4) is 10.4 Å². The van der Waals surface area contributed by atoms with E-state index in [0.717, 1.165) is 16.0 Å². The van der Waals surface area contributed by atoms with E-state index in [-0.39, 0.29) is 5.91 Å². The van der Waals surface area contributed by atoms with Crippen molar-refractivity contribution < 1.29 is 4.79 Å². The van der Waals surface area contributed by atoms with Crippen LogP contribution in [0, 0.1) is 0 Å². The maximum atomic E-state index is 12.2. The van der Waals surface area contributed by atoms with Crippen molar-refractivity contribution in [2.75, 3.05) is 0 Å². The van der Waals surface area contributed by atoms with Crippen LogP contribution >= 0.6 is 22.9 Å². The monoisotopic (exact) mass is 328 g/mol. The molecule has 1 amide bonds. The van der Waals surface area contributed by atoms with Crippen molar-refractivity contribution in [3.63, 3.8) is 0 Å². The fourth-order valence-corrected chi connectivity index (χ4v) is 3.17. The van der Waals surface area contributed by atoms with E-state index in [1.165, 1.54) is 11.3 Å². The highest BCUT2D eigenvalue weighted by molar-refractivity contribution is 7.17. The number of amides is 1. The number of carbonyl (C=O) groups is 1. The summed E-state index contributed by atoms with van der Waals surface area (Å²) in [6.07, 6.45) is 3.48. The van der Waals surface area contributed by atoms with E-state index in [4.69, 9.17) is 11.6 Å². The number of nitrogens with one attached hydrogen (secondary N) is 1. The van der Waals surface area contributed by atoms with Crippen LogP contribution in [0.25, 0.3) is 10.4 Å². The number of aromatic nitrogens is 1. The van der Waals surface area contributed by atoms with Gasteiger partial charge in [0.15, 0.2) is 0 Å². The lowest BCUT2D eigenvalue weighted by molar-refractivity contribution is 0.0955. The van der Waals surface area contributed by atoms with Crippen LogP contribution in [0.3, 0.4) is 0 Å². The predicted molar refractivity (Wildman–Crippen MR) is 90.2 cm³/mol. The zero-order valence-corrected chi connectivity index (χ0v) is 13.2. The lowest BCUT2D eigenvalue weighted by Gasteiger charge is -2.05. The first-order chi connectivity index (χ1) is 10.7. The molecule has 22 heavy (non-hydrogen) atoms. The molecule has 0 spiro atoms. The Balaban J connectivity index is 1.69. The van der Waals surface area contributed by atoms with Crippen LogP contribution in [0.1, 0.15) is 15.2 Å². The molecule has 2 heterocycles. The van der Waals surface area contributed by atoms with Crippen LogP contribution in [-0.2, 0) is 6.54 Å². The molecule has 0 aliphatic carbocycles. The molecular weight excluding hydrogens is 316 g/mol. The van der Waals surface area contributed by atoms with E-state index in [9.17, 15) is 4.79 Å². The van der Waals surface area contributed by atoms with Crippen molar-refractivity contribution in [1.29, 1.82) is 0 Å². The number of thiophene rings is 1. The molecule has 0 unspecified atom stereocenters. The maximum absolute atomic E-state index is 12.2. The van der Waals surface area contributed by atoms with Gasteiger partial charge >= 0.3 is 0 Å². The van der Waals surface area contributed by atoms with Gasteiger partial charge in [-0.2, -0.15) is 0 Å². The van der Waals surface area contributed by atoms with Gasteiger partial charge in [-0.05, 0) is 41.5 Å². The van der Waals surface area contributed by atoms with E-state index in [1.807, 2.05) is 48.5 Å². The molecule has 0 aliphatic rings. The average Bonchev–Trinajstić information content (AvgIpc) is 3.05. The fraction of sp³-hybridized carbons (Fsp3) is 0.0588. The Morgan fingerprint density at radius 1 is 1.09 bits per heavy atom. The highest BCUT2D eigenvalue weighted by Gasteiger charge is 2.10. The van der Waals surface area contributed by atoms with Crippen LogP contribution in [0.15, 0.2) is 60.9 Å². The van der Waals surface area contributed by atoms with Crippen molar-refractivity contribution >= 4 is 28.8 Å². The van der Waals surface area contributed by atoms with Gasteiger partial charge in [0.1, 0.15) is 0 Å². The third-order valence-corrected chi connectivity index (χ3v) is 4.69. The van der Waals surface area contributed by atoms with Crippen LogP contribution in [0.4, 0.5) is 0 Å². The molecule has 0 radical (unpaired) electrons. The van der Waals surface area contributed by atoms with Crippen LogP contribution in [0.2, 0.25) is 5.02 Å². The van der Waals surface area contributed by atoms with E-state index in [0.29, 0.717) is 16.4 Å². The Morgan fingerprint density at radius 3 is 2.64 bits per heavy atom. The topological polar surface area (TPSA) is 42.0 Å². The Morgan fingerprint density at radius 2 is 1.86 bits per heavy atom. The van der Waals surface area contributed by atoms with Gasteiger partial charge in [0.05, 0.1) is 4.88 Å². The van der Waals surface area contributed by atoms with Crippen LogP contribution in [-0.4, -0.2) is 10.9 Å². The zero-order valence-electron chi connectivity index (χ0n) is 11.6. The molecule has 0 fully saturated rings. The van der Waals surface area contributed by atoms with Crippen molar-refractivity contribution in [1.82, 2.24) is 10.3 Å². The highest BCUT2D eigenvalue weighted by atomic mass is 35.5. The molecule has 0 saturated heterocycles. The summed E-state index contributed by atoms with van der Waals surface area (Å²) in [7, 11) is 0. The summed E-state index contributed by atoms with van der Waals surface area (Å²) in [5.41, 5.74) is 1.97. The second-order valence-corrected chi connectivity index (χ2v) is 6.16. The third-order valence-electron chi connectivity index (χ3n) is 3.19. The molecular formula is C17H13ClN2OS. The summed E-state index contributed by atoms with van der Waals surface area (Å²) >= 11 is 7.54. The number of benzene rings is 1. The molecule has 110 valence electrons. The molecule has 0 aliphatic heterocycles. The maximum Gasteiger partial charge on any atom is 0.261 e. The fourth-order valence-electron chi connectivity index (χ4n) is 2.04. The second kappa shape index (κ2) is 6.73. The molecule has 1 aromatic carbocycles. The van der Waals surface area contributed by atoms with Crippen LogP contribution < -0.4 is 5.32 Å². The average molecular weight is 329 g/mol. The molecule has 0 saturated carbocycles. The van der Waals surface area contributed by atoms with Gasteiger partial charge in [0.2, 0.25) is 0 Å². The van der Waals surface area contributed by atoms with Crippen molar-refractivity contribution in [2.24, 2.45) is 0 Å². The number of hydrogen-bond donors (Lipinski definition) is 1. The Labute approximate surface area is 137 Å². The minimum absolute atomic E-state index is 0.0924. The summed E-state index contributed by atoms with van der Waals surface area (Å²) < 4.78 is 0. The normalized spacial score (nSPS) is 10.4. The first-order valence-electron chi connectivity index (χ1n) is 6.76. The Kier molecular flexibility index (Phi) is 4.51. The Bertz CT molecular complexity index is 786. The Hall–Kier alpha value is -2.17. The molecule has 3 nitrogen and oxygen atoms in total. The lowest BCUT2D eigenvalue weighted by Crippen LogP contribution is -2.21. The number of rotatable bonds is 4. The second-order valence-electron chi connectivity index (χ2n) is 4.67. The van der Waals surface area contributed by atoms with Gasteiger partial charge in [-0.25, -0.2) is 0 Å². The summed E-state index contributed by atoms with van der Waals surface area (Å²) in [6.45, 7) is 0.418. The lowest BCUT2D eigenvalue weighted by atomic mass is 10.2. The minimum atomic E-state index is -0.0924.